The average molecular weight is 295 g/mol. The lowest BCUT2D eigenvalue weighted by atomic mass is 10.3. The van der Waals surface area contributed by atoms with Crippen molar-refractivity contribution in [3.8, 4) is 5.69 Å². The molecular weight excluding hydrogens is 278 g/mol. The number of hydrogen-bond donors (Lipinski definition) is 0. The predicted octanol–water partition coefficient (Wildman–Crippen LogP) is 1.96. The van der Waals surface area contributed by atoms with Crippen LogP contribution in [0.1, 0.15) is 5.82 Å². The van der Waals surface area contributed by atoms with Crippen molar-refractivity contribution in [1.29, 1.82) is 0 Å². The Morgan fingerprint density at radius 3 is 2.59 bits per heavy atom. The van der Waals surface area contributed by atoms with E-state index in [1.54, 1.807) is 0 Å². The minimum Gasteiger partial charge on any atom is -0.378 e. The van der Waals surface area contributed by atoms with Crippen molar-refractivity contribution in [3.05, 3.63) is 42.4 Å². The zero-order chi connectivity index (χ0) is 14.9. The molecule has 3 heterocycles. The molecule has 6 nitrogen and oxygen atoms in total. The third-order valence-electron chi connectivity index (χ3n) is 3.83. The Labute approximate surface area is 128 Å². The number of anilines is 1. The fourth-order valence-electron chi connectivity index (χ4n) is 2.77. The average Bonchev–Trinajstić information content (AvgIpc) is 2.99. The smallest absolute Gasteiger partial charge is 0.168 e. The Hall–Kier alpha value is -2.47. The quantitative estimate of drug-likeness (QED) is 0.723. The third-order valence-corrected chi connectivity index (χ3v) is 3.83. The Morgan fingerprint density at radius 2 is 1.82 bits per heavy atom. The first-order chi connectivity index (χ1) is 10.8. The summed E-state index contributed by atoms with van der Waals surface area (Å²) in [5.41, 5.74) is 1.85. The Balaban J connectivity index is 1.87. The van der Waals surface area contributed by atoms with Crippen molar-refractivity contribution in [2.45, 2.75) is 6.92 Å². The lowest BCUT2D eigenvalue weighted by Gasteiger charge is -2.28. The second-order valence-corrected chi connectivity index (χ2v) is 5.32. The number of morpholine rings is 1. The molecular formula is C16H17N5O. The van der Waals surface area contributed by atoms with Crippen LogP contribution >= 0.6 is 0 Å². The van der Waals surface area contributed by atoms with Gasteiger partial charge in [-0.25, -0.2) is 14.6 Å². The first kappa shape index (κ1) is 13.2. The van der Waals surface area contributed by atoms with Crippen molar-refractivity contribution in [2.75, 3.05) is 31.2 Å². The Kier molecular flexibility index (Phi) is 3.23. The lowest BCUT2D eigenvalue weighted by molar-refractivity contribution is 0.122. The van der Waals surface area contributed by atoms with E-state index in [9.17, 15) is 0 Å². The summed E-state index contributed by atoms with van der Waals surface area (Å²) in [6.45, 7) is 5.09. The van der Waals surface area contributed by atoms with Crippen LogP contribution in [-0.4, -0.2) is 46.1 Å². The molecule has 0 spiro atoms. The van der Waals surface area contributed by atoms with Gasteiger partial charge in [0.1, 0.15) is 11.6 Å². The van der Waals surface area contributed by atoms with E-state index >= 15 is 0 Å². The molecule has 2 aromatic heterocycles. The van der Waals surface area contributed by atoms with Gasteiger partial charge in [-0.15, -0.1) is 0 Å². The molecule has 1 saturated heterocycles. The maximum Gasteiger partial charge on any atom is 0.168 e. The van der Waals surface area contributed by atoms with Gasteiger partial charge in [0.2, 0.25) is 0 Å². The highest BCUT2D eigenvalue weighted by molar-refractivity contribution is 5.88. The first-order valence-electron chi connectivity index (χ1n) is 7.43. The van der Waals surface area contributed by atoms with Crippen molar-refractivity contribution in [3.63, 3.8) is 0 Å². The van der Waals surface area contributed by atoms with Crippen LogP contribution in [0.2, 0.25) is 0 Å². The van der Waals surface area contributed by atoms with Gasteiger partial charge >= 0.3 is 0 Å². The zero-order valence-corrected chi connectivity index (χ0v) is 12.4. The number of aromatic nitrogens is 4. The summed E-state index contributed by atoms with van der Waals surface area (Å²) in [6.07, 6.45) is 1.85. The van der Waals surface area contributed by atoms with Gasteiger partial charge in [0, 0.05) is 13.1 Å². The van der Waals surface area contributed by atoms with Crippen molar-refractivity contribution >= 4 is 16.9 Å². The maximum absolute atomic E-state index is 5.43. The highest BCUT2D eigenvalue weighted by Crippen LogP contribution is 2.26. The second-order valence-electron chi connectivity index (χ2n) is 5.32. The van der Waals surface area contributed by atoms with E-state index in [0.717, 1.165) is 54.7 Å². The van der Waals surface area contributed by atoms with Crippen LogP contribution in [0.4, 0.5) is 5.82 Å². The minimum atomic E-state index is 0.733. The molecule has 1 aliphatic heterocycles. The van der Waals surface area contributed by atoms with Crippen LogP contribution in [0, 0.1) is 6.92 Å². The van der Waals surface area contributed by atoms with E-state index in [0.29, 0.717) is 0 Å². The monoisotopic (exact) mass is 295 g/mol. The largest absolute Gasteiger partial charge is 0.378 e. The summed E-state index contributed by atoms with van der Waals surface area (Å²) in [7, 11) is 0. The number of hydrogen-bond acceptors (Lipinski definition) is 5. The van der Waals surface area contributed by atoms with Crippen LogP contribution in [0.5, 0.6) is 0 Å². The molecule has 4 rings (SSSR count). The minimum absolute atomic E-state index is 0.733. The highest BCUT2D eigenvalue weighted by Gasteiger charge is 2.19. The Morgan fingerprint density at radius 1 is 1.05 bits per heavy atom. The third kappa shape index (κ3) is 2.21. The molecule has 0 bridgehead atoms. The molecule has 112 valence electrons. The van der Waals surface area contributed by atoms with E-state index in [2.05, 4.69) is 20.0 Å². The van der Waals surface area contributed by atoms with Gasteiger partial charge in [0.25, 0.3) is 0 Å². The number of para-hydroxylation sites is 1. The lowest BCUT2D eigenvalue weighted by Crippen LogP contribution is -2.37. The van der Waals surface area contributed by atoms with E-state index in [4.69, 9.17) is 4.74 Å². The summed E-state index contributed by atoms with van der Waals surface area (Å²) in [5, 5.41) is 5.50. The fraction of sp³-hybridized carbons (Fsp3) is 0.312. The summed E-state index contributed by atoms with van der Waals surface area (Å²) in [5.74, 6) is 1.71. The molecule has 0 saturated carbocycles. The molecule has 3 aromatic rings. The van der Waals surface area contributed by atoms with E-state index < -0.39 is 0 Å². The van der Waals surface area contributed by atoms with Gasteiger partial charge in [-0.2, -0.15) is 5.10 Å². The number of benzene rings is 1. The fourth-order valence-corrected chi connectivity index (χ4v) is 2.77. The molecule has 0 amide bonds. The number of aryl methyl sites for hydroxylation is 1. The second kappa shape index (κ2) is 5.38. The first-order valence-corrected chi connectivity index (χ1v) is 7.43. The van der Waals surface area contributed by atoms with Crippen LogP contribution in [0.3, 0.4) is 0 Å². The predicted molar refractivity (Wildman–Crippen MR) is 84.4 cm³/mol. The summed E-state index contributed by atoms with van der Waals surface area (Å²) >= 11 is 0. The van der Waals surface area contributed by atoms with Crippen LogP contribution in [0.15, 0.2) is 36.5 Å². The molecule has 0 N–H and O–H groups in total. The SMILES string of the molecule is Cc1nc(N2CCOCC2)c2cnn(-c3ccccc3)c2n1. The van der Waals surface area contributed by atoms with Gasteiger partial charge in [0.15, 0.2) is 5.65 Å². The standard InChI is InChI=1S/C16H17N5O/c1-12-18-15(20-7-9-22-10-8-20)14-11-17-21(16(14)19-12)13-5-3-2-4-6-13/h2-6,11H,7-10H2,1H3. The van der Waals surface area contributed by atoms with Gasteiger partial charge in [-0.1, -0.05) is 18.2 Å². The molecule has 22 heavy (non-hydrogen) atoms. The number of fused-ring (bicyclic) bond motifs is 1. The van der Waals surface area contributed by atoms with Gasteiger partial charge in [0.05, 0.1) is 30.5 Å². The highest BCUT2D eigenvalue weighted by atomic mass is 16.5. The zero-order valence-electron chi connectivity index (χ0n) is 12.4. The molecule has 0 unspecified atom stereocenters. The van der Waals surface area contributed by atoms with Gasteiger partial charge in [-0.05, 0) is 19.1 Å². The normalized spacial score (nSPS) is 15.4. The maximum atomic E-state index is 5.43. The van der Waals surface area contributed by atoms with Crippen molar-refractivity contribution < 1.29 is 4.74 Å². The molecule has 1 aromatic carbocycles. The topological polar surface area (TPSA) is 56.1 Å². The number of nitrogens with zero attached hydrogens (tertiary/aromatic N) is 5. The van der Waals surface area contributed by atoms with E-state index in [1.165, 1.54) is 0 Å². The van der Waals surface area contributed by atoms with Crippen molar-refractivity contribution in [2.24, 2.45) is 0 Å². The van der Waals surface area contributed by atoms with Gasteiger partial charge < -0.3 is 9.64 Å². The van der Waals surface area contributed by atoms with Crippen LogP contribution < -0.4 is 4.90 Å². The van der Waals surface area contributed by atoms with Crippen LogP contribution in [0.25, 0.3) is 16.7 Å². The Bertz CT molecular complexity index is 793. The van der Waals surface area contributed by atoms with Crippen LogP contribution in [-0.2, 0) is 4.74 Å². The molecule has 0 aliphatic carbocycles. The van der Waals surface area contributed by atoms with Crippen molar-refractivity contribution in [1.82, 2.24) is 19.7 Å². The number of rotatable bonds is 2. The molecule has 0 radical (unpaired) electrons. The summed E-state index contributed by atoms with van der Waals surface area (Å²) in [4.78, 5) is 11.5. The summed E-state index contributed by atoms with van der Waals surface area (Å²) in [6, 6.07) is 10.0. The summed E-state index contributed by atoms with van der Waals surface area (Å²) < 4.78 is 7.30. The van der Waals surface area contributed by atoms with E-state index in [1.807, 2.05) is 48.1 Å². The van der Waals surface area contributed by atoms with E-state index in [-0.39, 0.29) is 0 Å². The molecule has 1 fully saturated rings. The molecule has 0 atom stereocenters. The van der Waals surface area contributed by atoms with Gasteiger partial charge in [-0.3, -0.25) is 0 Å². The number of ether oxygens (including phenoxy) is 1. The molecule has 6 heteroatoms. The molecule has 1 aliphatic rings.